The molecule has 1 amide bonds. The first-order valence-corrected chi connectivity index (χ1v) is 10.1. The first-order valence-electron chi connectivity index (χ1n) is 9.12. The predicted molar refractivity (Wildman–Crippen MR) is 116 cm³/mol. The van der Waals surface area contributed by atoms with E-state index in [1.807, 2.05) is 0 Å². The van der Waals surface area contributed by atoms with Gasteiger partial charge in [-0.25, -0.2) is 4.99 Å². The van der Waals surface area contributed by atoms with Crippen LogP contribution in [-0.4, -0.2) is 73.7 Å². The van der Waals surface area contributed by atoms with Crippen LogP contribution in [-0.2, 0) is 9.53 Å². The number of guanidine groups is 1. The zero-order valence-corrected chi connectivity index (χ0v) is 18.7. The fraction of sp³-hybridized carbons (Fsp3) is 0.882. The number of halogens is 1. The molecule has 1 heterocycles. The van der Waals surface area contributed by atoms with E-state index in [9.17, 15) is 4.79 Å². The van der Waals surface area contributed by atoms with Gasteiger partial charge in [-0.1, -0.05) is 19.3 Å². The van der Waals surface area contributed by atoms with Crippen molar-refractivity contribution in [3.63, 3.8) is 0 Å². The second kappa shape index (κ2) is 12.2. The number of nitrogens with one attached hydrogen (secondary N) is 2. The predicted octanol–water partition coefficient (Wildman–Crippen LogP) is 2.08. The average Bonchev–Trinajstić information content (AvgIpc) is 2.59. The second-order valence-electron chi connectivity index (χ2n) is 6.53. The maximum Gasteiger partial charge on any atom is 0.241 e. The van der Waals surface area contributed by atoms with Crippen molar-refractivity contribution in [2.45, 2.75) is 43.8 Å². The highest BCUT2D eigenvalue weighted by molar-refractivity contribution is 14.0. The lowest BCUT2D eigenvalue weighted by Crippen LogP contribution is -2.53. The maximum atomic E-state index is 11.9. The normalized spacial score (nSPS) is 20.1. The van der Waals surface area contributed by atoms with E-state index in [1.165, 1.54) is 32.1 Å². The first-order chi connectivity index (χ1) is 11.7. The van der Waals surface area contributed by atoms with Crippen molar-refractivity contribution in [2.24, 2.45) is 4.99 Å². The minimum absolute atomic E-state index is 0. The number of amides is 1. The fourth-order valence-electron chi connectivity index (χ4n) is 3.45. The Balaban J connectivity index is 0.00000312. The summed E-state index contributed by atoms with van der Waals surface area (Å²) >= 11 is 2.15. The van der Waals surface area contributed by atoms with Crippen LogP contribution in [0.25, 0.3) is 0 Å². The van der Waals surface area contributed by atoms with Gasteiger partial charge >= 0.3 is 0 Å². The molecule has 0 radical (unpaired) electrons. The van der Waals surface area contributed by atoms with Gasteiger partial charge in [0.05, 0.1) is 6.61 Å². The first kappa shape index (κ1) is 22.8. The van der Waals surface area contributed by atoms with Crippen molar-refractivity contribution in [3.8, 4) is 0 Å². The number of rotatable bonds is 6. The molecule has 0 aromatic rings. The topological polar surface area (TPSA) is 66.0 Å². The highest BCUT2D eigenvalue weighted by atomic mass is 127. The molecule has 8 heteroatoms. The second-order valence-corrected chi connectivity index (χ2v) is 8.09. The van der Waals surface area contributed by atoms with Gasteiger partial charge in [-0.3, -0.25) is 4.79 Å². The van der Waals surface area contributed by atoms with Gasteiger partial charge in [-0.15, -0.1) is 24.0 Å². The third-order valence-corrected chi connectivity index (χ3v) is 6.18. The molecular weight excluding hydrogens is 451 g/mol. The lowest BCUT2D eigenvalue weighted by molar-refractivity contribution is -0.119. The molecule has 25 heavy (non-hydrogen) atoms. The Morgan fingerprint density at radius 2 is 2.04 bits per heavy atom. The summed E-state index contributed by atoms with van der Waals surface area (Å²) in [6.45, 7) is 6.18. The van der Waals surface area contributed by atoms with Gasteiger partial charge in [0, 0.05) is 43.8 Å². The summed E-state index contributed by atoms with van der Waals surface area (Å²) in [5.41, 5.74) is 0. The molecule has 1 saturated heterocycles. The van der Waals surface area contributed by atoms with E-state index in [1.54, 1.807) is 7.11 Å². The Morgan fingerprint density at radius 1 is 1.28 bits per heavy atom. The summed E-state index contributed by atoms with van der Waals surface area (Å²) in [4.78, 5) is 18.8. The van der Waals surface area contributed by atoms with Crippen LogP contribution >= 0.6 is 35.7 Å². The van der Waals surface area contributed by atoms with Crippen molar-refractivity contribution in [1.29, 1.82) is 0 Å². The minimum Gasteiger partial charge on any atom is -0.383 e. The van der Waals surface area contributed by atoms with Crippen LogP contribution in [0.1, 0.15) is 39.0 Å². The molecule has 2 aliphatic rings. The summed E-state index contributed by atoms with van der Waals surface area (Å²) in [6.07, 6.45) is 6.68. The number of ether oxygens (including phenoxy) is 1. The molecule has 1 aliphatic heterocycles. The number of hydrogen-bond donors (Lipinski definition) is 2. The summed E-state index contributed by atoms with van der Waals surface area (Å²) in [7, 11) is 1.63. The number of carbonyl (C=O) groups excluding carboxylic acids is 1. The van der Waals surface area contributed by atoms with Crippen molar-refractivity contribution in [3.05, 3.63) is 0 Å². The van der Waals surface area contributed by atoms with Crippen molar-refractivity contribution < 1.29 is 9.53 Å². The SMILES string of the molecule is CCNC(=NCC(=O)NCCOC)N1CCSC2(CCCCC2)C1.I. The van der Waals surface area contributed by atoms with Gasteiger partial charge in [-0.05, 0) is 19.8 Å². The third kappa shape index (κ3) is 7.50. The molecule has 0 bridgehead atoms. The van der Waals surface area contributed by atoms with E-state index in [-0.39, 0.29) is 36.4 Å². The van der Waals surface area contributed by atoms with Crippen molar-refractivity contribution >= 4 is 47.6 Å². The smallest absolute Gasteiger partial charge is 0.241 e. The van der Waals surface area contributed by atoms with E-state index in [4.69, 9.17) is 4.74 Å². The molecule has 1 aliphatic carbocycles. The molecule has 1 spiro atoms. The minimum atomic E-state index is -0.0544. The van der Waals surface area contributed by atoms with Crippen LogP contribution in [0, 0.1) is 0 Å². The van der Waals surface area contributed by atoms with Crippen molar-refractivity contribution in [1.82, 2.24) is 15.5 Å². The molecule has 0 unspecified atom stereocenters. The van der Waals surface area contributed by atoms with Gasteiger partial charge in [-0.2, -0.15) is 11.8 Å². The van der Waals surface area contributed by atoms with Gasteiger partial charge in [0.15, 0.2) is 5.96 Å². The molecule has 0 aromatic heterocycles. The Bertz CT molecular complexity index is 425. The quantitative estimate of drug-likeness (QED) is 0.262. The van der Waals surface area contributed by atoms with Crippen LogP contribution in [0.5, 0.6) is 0 Å². The van der Waals surface area contributed by atoms with E-state index in [2.05, 4.69) is 39.2 Å². The van der Waals surface area contributed by atoms with Crippen LogP contribution in [0.3, 0.4) is 0 Å². The van der Waals surface area contributed by atoms with Crippen LogP contribution < -0.4 is 10.6 Å². The average molecular weight is 484 g/mol. The van der Waals surface area contributed by atoms with Gasteiger partial charge in [0.25, 0.3) is 0 Å². The number of nitrogens with zero attached hydrogens (tertiary/aromatic N) is 2. The standard InChI is InChI=1S/C17H32N4O2S.HI/c1-3-18-16(20-13-15(22)19-9-11-23-2)21-10-12-24-17(14-21)7-5-4-6-8-17;/h3-14H2,1-2H3,(H,18,20)(H,19,22);1H. The highest BCUT2D eigenvalue weighted by Crippen LogP contribution is 2.42. The molecule has 2 N–H and O–H groups in total. The fourth-order valence-corrected chi connectivity index (χ4v) is 5.01. The van der Waals surface area contributed by atoms with Crippen LogP contribution in [0.4, 0.5) is 0 Å². The Morgan fingerprint density at radius 3 is 2.72 bits per heavy atom. The Kier molecular flexibility index (Phi) is 11.2. The third-order valence-electron chi connectivity index (χ3n) is 4.65. The van der Waals surface area contributed by atoms with E-state index < -0.39 is 0 Å². The molecule has 1 saturated carbocycles. The summed E-state index contributed by atoms with van der Waals surface area (Å²) < 4.78 is 5.34. The van der Waals surface area contributed by atoms with Gasteiger partial charge in [0.2, 0.25) is 5.91 Å². The molecule has 2 rings (SSSR count). The maximum absolute atomic E-state index is 11.9. The molecular formula is C17H33IN4O2S. The summed E-state index contributed by atoms with van der Waals surface area (Å²) in [6, 6.07) is 0. The zero-order chi connectivity index (χ0) is 17.3. The number of thioether (sulfide) groups is 1. The van der Waals surface area contributed by atoms with Crippen LogP contribution in [0.2, 0.25) is 0 Å². The Labute approximate surface area is 173 Å². The lowest BCUT2D eigenvalue weighted by atomic mass is 9.87. The summed E-state index contributed by atoms with van der Waals surface area (Å²) in [5, 5.41) is 6.18. The van der Waals surface area contributed by atoms with Crippen LogP contribution in [0.15, 0.2) is 4.99 Å². The number of aliphatic imine (C=N–C) groups is 1. The van der Waals surface area contributed by atoms with Crippen molar-refractivity contribution in [2.75, 3.05) is 52.2 Å². The number of methoxy groups -OCH3 is 1. The lowest BCUT2D eigenvalue weighted by Gasteiger charge is -2.45. The van der Waals surface area contributed by atoms with Gasteiger partial charge < -0.3 is 20.3 Å². The monoisotopic (exact) mass is 484 g/mol. The number of hydrogen-bond acceptors (Lipinski definition) is 4. The number of carbonyl (C=O) groups is 1. The summed E-state index contributed by atoms with van der Waals surface area (Å²) in [5.74, 6) is 1.97. The molecule has 146 valence electrons. The highest BCUT2D eigenvalue weighted by Gasteiger charge is 2.38. The van der Waals surface area contributed by atoms with Gasteiger partial charge in [0.1, 0.15) is 6.54 Å². The molecule has 6 nitrogen and oxygen atoms in total. The van der Waals surface area contributed by atoms with E-state index in [0.29, 0.717) is 17.9 Å². The molecule has 0 atom stereocenters. The van der Waals surface area contributed by atoms with E-state index >= 15 is 0 Å². The van der Waals surface area contributed by atoms with E-state index in [0.717, 1.165) is 31.3 Å². The largest absolute Gasteiger partial charge is 0.383 e. The zero-order valence-electron chi connectivity index (χ0n) is 15.5. The molecule has 0 aromatic carbocycles. The molecule has 2 fully saturated rings. The Hall–Kier alpha value is -0.220.